The second-order valence-corrected chi connectivity index (χ2v) is 6.16. The maximum atomic E-state index is 12.9. The summed E-state index contributed by atoms with van der Waals surface area (Å²) in [5, 5.41) is 16.5. The molecule has 0 aromatic heterocycles. The van der Waals surface area contributed by atoms with Gasteiger partial charge in [-0.05, 0) is 55.3 Å². The number of aliphatic hydroxyl groups excluding tert-OH is 1. The highest BCUT2D eigenvalue weighted by atomic mass is 127. The summed E-state index contributed by atoms with van der Waals surface area (Å²) in [4.78, 5) is 4.38. The molecule has 1 unspecified atom stereocenters. The van der Waals surface area contributed by atoms with Gasteiger partial charge in [0.25, 0.3) is 0 Å². The van der Waals surface area contributed by atoms with E-state index in [1.807, 2.05) is 31.2 Å². The predicted molar refractivity (Wildman–Crippen MR) is 124 cm³/mol. The molecule has 0 spiro atoms. The lowest BCUT2D eigenvalue weighted by Crippen LogP contribution is -2.39. The highest BCUT2D eigenvalue weighted by Crippen LogP contribution is 2.12. The van der Waals surface area contributed by atoms with Crippen LogP contribution in [0.2, 0.25) is 0 Å². The average Bonchev–Trinajstić information content (AvgIpc) is 2.72. The number of hydrogen-bond donors (Lipinski definition) is 3. The van der Waals surface area contributed by atoms with Gasteiger partial charge in [0.1, 0.15) is 30.0 Å². The molecule has 2 aromatic carbocycles. The molecule has 0 radical (unpaired) electrons. The lowest BCUT2D eigenvalue weighted by molar-refractivity contribution is 0.114. The van der Waals surface area contributed by atoms with E-state index in [0.29, 0.717) is 18.3 Å². The predicted octanol–water partition coefficient (Wildman–Crippen LogP) is 2.99. The first-order chi connectivity index (χ1) is 13.6. The Hall–Kier alpha value is -2.07. The van der Waals surface area contributed by atoms with Crippen molar-refractivity contribution in [1.82, 2.24) is 10.6 Å². The van der Waals surface area contributed by atoms with Gasteiger partial charge in [-0.3, -0.25) is 4.99 Å². The SMILES string of the molecule is CCNC(=NCC(O)COc1ccc(F)cc1)NCCc1ccc(OC)cc1.I. The number of rotatable bonds is 10. The standard InChI is InChI=1S/C21H28FN3O3.HI/c1-3-23-21(24-13-12-16-4-8-19(27-2)9-5-16)25-14-18(26)15-28-20-10-6-17(22)7-11-20;/h4-11,18,26H,3,12-15H2,1-2H3,(H2,23,24,25);1H. The van der Waals surface area contributed by atoms with E-state index in [1.165, 1.54) is 29.8 Å². The summed E-state index contributed by atoms with van der Waals surface area (Å²) in [6.07, 6.45) is 0.0760. The van der Waals surface area contributed by atoms with Crippen LogP contribution in [-0.4, -0.2) is 50.5 Å². The van der Waals surface area contributed by atoms with Gasteiger partial charge in [0.15, 0.2) is 5.96 Å². The van der Waals surface area contributed by atoms with E-state index in [2.05, 4.69) is 15.6 Å². The Kier molecular flexibility index (Phi) is 12.1. The van der Waals surface area contributed by atoms with Crippen LogP contribution in [0.4, 0.5) is 4.39 Å². The molecule has 160 valence electrons. The van der Waals surface area contributed by atoms with Crippen molar-refractivity contribution in [3.8, 4) is 11.5 Å². The Morgan fingerprint density at radius 3 is 2.34 bits per heavy atom. The molecule has 6 nitrogen and oxygen atoms in total. The van der Waals surface area contributed by atoms with Crippen LogP contribution in [-0.2, 0) is 6.42 Å². The van der Waals surface area contributed by atoms with Crippen molar-refractivity contribution >= 4 is 29.9 Å². The first-order valence-corrected chi connectivity index (χ1v) is 9.32. The Morgan fingerprint density at radius 2 is 1.72 bits per heavy atom. The van der Waals surface area contributed by atoms with E-state index in [-0.39, 0.29) is 42.9 Å². The van der Waals surface area contributed by atoms with Gasteiger partial charge in [0, 0.05) is 13.1 Å². The molecule has 1 atom stereocenters. The summed E-state index contributed by atoms with van der Waals surface area (Å²) in [5.74, 6) is 1.66. The summed E-state index contributed by atoms with van der Waals surface area (Å²) in [6.45, 7) is 3.69. The van der Waals surface area contributed by atoms with E-state index in [1.54, 1.807) is 7.11 Å². The maximum absolute atomic E-state index is 12.9. The van der Waals surface area contributed by atoms with Crippen molar-refractivity contribution in [2.75, 3.05) is 33.4 Å². The molecule has 0 amide bonds. The van der Waals surface area contributed by atoms with Crippen LogP contribution in [0, 0.1) is 5.82 Å². The number of nitrogens with zero attached hydrogens (tertiary/aromatic N) is 1. The van der Waals surface area contributed by atoms with E-state index in [4.69, 9.17) is 9.47 Å². The molecular formula is C21H29FIN3O3. The van der Waals surface area contributed by atoms with Gasteiger partial charge in [-0.2, -0.15) is 0 Å². The van der Waals surface area contributed by atoms with E-state index in [9.17, 15) is 9.50 Å². The molecular weight excluding hydrogens is 488 g/mol. The van der Waals surface area contributed by atoms with Crippen molar-refractivity contribution in [3.63, 3.8) is 0 Å². The molecule has 0 aliphatic heterocycles. The highest BCUT2D eigenvalue weighted by Gasteiger charge is 2.06. The molecule has 8 heteroatoms. The fraction of sp³-hybridized carbons (Fsp3) is 0.381. The summed E-state index contributed by atoms with van der Waals surface area (Å²) in [6, 6.07) is 13.6. The topological polar surface area (TPSA) is 75.1 Å². The zero-order valence-corrected chi connectivity index (χ0v) is 19.1. The molecule has 2 rings (SSSR count). The highest BCUT2D eigenvalue weighted by molar-refractivity contribution is 14.0. The van der Waals surface area contributed by atoms with Crippen LogP contribution < -0.4 is 20.1 Å². The fourth-order valence-corrected chi connectivity index (χ4v) is 2.43. The number of hydrogen-bond acceptors (Lipinski definition) is 4. The Balaban J connectivity index is 0.00000420. The van der Waals surface area contributed by atoms with Gasteiger partial charge in [0.05, 0.1) is 13.7 Å². The van der Waals surface area contributed by atoms with Crippen molar-refractivity contribution < 1.29 is 19.0 Å². The number of methoxy groups -OCH3 is 1. The number of aliphatic imine (C=N–C) groups is 1. The second kappa shape index (κ2) is 14.0. The lowest BCUT2D eigenvalue weighted by Gasteiger charge is -2.14. The van der Waals surface area contributed by atoms with Gasteiger partial charge in [0.2, 0.25) is 0 Å². The molecule has 3 N–H and O–H groups in total. The van der Waals surface area contributed by atoms with E-state index >= 15 is 0 Å². The normalized spacial score (nSPS) is 11.9. The van der Waals surface area contributed by atoms with E-state index in [0.717, 1.165) is 18.7 Å². The van der Waals surface area contributed by atoms with Crippen molar-refractivity contribution in [3.05, 3.63) is 59.9 Å². The number of nitrogens with one attached hydrogen (secondary N) is 2. The van der Waals surface area contributed by atoms with Crippen LogP contribution >= 0.6 is 24.0 Å². The smallest absolute Gasteiger partial charge is 0.191 e. The third kappa shape index (κ3) is 9.80. The first kappa shape index (κ1) is 25.0. The van der Waals surface area contributed by atoms with Gasteiger partial charge >= 0.3 is 0 Å². The van der Waals surface area contributed by atoms with E-state index < -0.39 is 6.10 Å². The number of benzene rings is 2. The van der Waals surface area contributed by atoms with Crippen molar-refractivity contribution in [2.45, 2.75) is 19.4 Å². The maximum Gasteiger partial charge on any atom is 0.191 e. The molecule has 2 aromatic rings. The average molecular weight is 517 g/mol. The molecule has 0 heterocycles. The molecule has 0 saturated carbocycles. The minimum atomic E-state index is -0.762. The van der Waals surface area contributed by atoms with Crippen LogP contribution in [0.1, 0.15) is 12.5 Å². The Labute approximate surface area is 188 Å². The largest absolute Gasteiger partial charge is 0.497 e. The Bertz CT molecular complexity index is 727. The van der Waals surface area contributed by atoms with Gasteiger partial charge < -0.3 is 25.2 Å². The third-order valence-electron chi connectivity index (χ3n) is 3.93. The number of guanidine groups is 1. The third-order valence-corrected chi connectivity index (χ3v) is 3.93. The summed E-state index contributed by atoms with van der Waals surface area (Å²) in [5.41, 5.74) is 1.19. The minimum absolute atomic E-state index is 0. The van der Waals surface area contributed by atoms with Crippen LogP contribution in [0.25, 0.3) is 0 Å². The van der Waals surface area contributed by atoms with Gasteiger partial charge in [-0.1, -0.05) is 12.1 Å². The molecule has 0 aliphatic carbocycles. The summed E-state index contributed by atoms with van der Waals surface area (Å²) >= 11 is 0. The van der Waals surface area contributed by atoms with Crippen LogP contribution in [0.3, 0.4) is 0 Å². The van der Waals surface area contributed by atoms with Crippen molar-refractivity contribution in [1.29, 1.82) is 0 Å². The zero-order chi connectivity index (χ0) is 20.2. The molecule has 0 fully saturated rings. The molecule has 0 aliphatic rings. The van der Waals surface area contributed by atoms with Crippen LogP contribution in [0.15, 0.2) is 53.5 Å². The fourth-order valence-electron chi connectivity index (χ4n) is 2.43. The van der Waals surface area contributed by atoms with Crippen LogP contribution in [0.5, 0.6) is 11.5 Å². The first-order valence-electron chi connectivity index (χ1n) is 9.32. The second-order valence-electron chi connectivity index (χ2n) is 6.16. The number of halogens is 2. The zero-order valence-electron chi connectivity index (χ0n) is 16.7. The molecule has 0 bridgehead atoms. The quantitative estimate of drug-likeness (QED) is 0.257. The monoisotopic (exact) mass is 517 g/mol. The summed E-state index contributed by atoms with van der Waals surface area (Å²) in [7, 11) is 1.65. The Morgan fingerprint density at radius 1 is 1.07 bits per heavy atom. The lowest BCUT2D eigenvalue weighted by atomic mass is 10.1. The summed E-state index contributed by atoms with van der Waals surface area (Å²) < 4.78 is 23.5. The van der Waals surface area contributed by atoms with Crippen molar-refractivity contribution in [2.24, 2.45) is 4.99 Å². The number of ether oxygens (including phenoxy) is 2. The molecule has 0 saturated heterocycles. The number of aliphatic hydroxyl groups is 1. The minimum Gasteiger partial charge on any atom is -0.497 e. The van der Waals surface area contributed by atoms with Gasteiger partial charge in [-0.25, -0.2) is 4.39 Å². The van der Waals surface area contributed by atoms with Gasteiger partial charge in [-0.15, -0.1) is 24.0 Å². The molecule has 29 heavy (non-hydrogen) atoms.